The molecule has 0 aromatic carbocycles. The van der Waals surface area contributed by atoms with E-state index < -0.39 is 12.1 Å². The maximum absolute atomic E-state index is 12.6. The second kappa shape index (κ2) is 10.0. The predicted molar refractivity (Wildman–Crippen MR) is 145 cm³/mol. The number of thiazole rings is 1. The van der Waals surface area contributed by atoms with Gasteiger partial charge < -0.3 is 30.5 Å². The number of fused-ring (bicyclic) bond motifs is 1. The Morgan fingerprint density at radius 1 is 1.11 bits per heavy atom. The first kappa shape index (κ1) is 24.8. The van der Waals surface area contributed by atoms with Crippen molar-refractivity contribution in [3.63, 3.8) is 0 Å². The van der Waals surface area contributed by atoms with Crippen LogP contribution in [0, 0.1) is 6.92 Å². The number of pyridine rings is 2. The number of nitrogens with zero attached hydrogens (tertiary/aromatic N) is 6. The number of aromatic nitrogens is 3. The average molecular weight is 538 g/mol. The van der Waals surface area contributed by atoms with Crippen LogP contribution in [0.1, 0.15) is 43.2 Å². The fourth-order valence-corrected chi connectivity index (χ4v) is 6.32. The number of anilines is 3. The summed E-state index contributed by atoms with van der Waals surface area (Å²) in [4.78, 5) is 32.7. The zero-order valence-electron chi connectivity index (χ0n) is 21.2. The van der Waals surface area contributed by atoms with E-state index in [1.165, 1.54) is 17.6 Å². The van der Waals surface area contributed by atoms with E-state index in [0.717, 1.165) is 40.5 Å². The van der Waals surface area contributed by atoms with Gasteiger partial charge in [0.2, 0.25) is 6.23 Å². The lowest BCUT2D eigenvalue weighted by atomic mass is 10.1. The summed E-state index contributed by atoms with van der Waals surface area (Å²) in [5.74, 6) is 0.0547. The maximum Gasteiger partial charge on any atom is 0.268 e. The monoisotopic (exact) mass is 537 g/mol. The Morgan fingerprint density at radius 3 is 2.66 bits per heavy atom. The maximum atomic E-state index is 12.6. The molecular formula is C26H31N7O4S. The minimum Gasteiger partial charge on any atom is -0.471 e. The van der Waals surface area contributed by atoms with E-state index in [0.29, 0.717) is 49.6 Å². The molecule has 2 saturated heterocycles. The number of aryl methyl sites for hydroxylation is 1. The number of ether oxygens (including phenoxy) is 1. The van der Waals surface area contributed by atoms with Gasteiger partial charge in [0, 0.05) is 43.6 Å². The molecule has 3 aliphatic rings. The molecule has 38 heavy (non-hydrogen) atoms. The first-order valence-electron chi connectivity index (χ1n) is 12.9. The van der Waals surface area contributed by atoms with E-state index in [1.54, 1.807) is 11.1 Å². The molecule has 1 amide bonds. The standard InChI is InChI=1S/C26H31N7O4S/c1-15-11-16(4-7-28-15)25-33(20(14-37-25)22(27)36)19-12-21-23(29-24(19)31-9-5-17(34)6-10-31)30-26(38-21)32-8-2-3-18(35)13-32/h4,7,11-12,14,17-18,25,34-35H,2-3,5-6,8-10,13H2,1H3,(H2,27,36). The number of rotatable bonds is 5. The van der Waals surface area contributed by atoms with Crippen molar-refractivity contribution in [3.05, 3.63) is 47.6 Å². The number of carbonyl (C=O) groups is 1. The fourth-order valence-electron chi connectivity index (χ4n) is 5.34. The summed E-state index contributed by atoms with van der Waals surface area (Å²) < 4.78 is 6.88. The number of nitrogens with two attached hydrogens (primary N) is 1. The van der Waals surface area contributed by atoms with Gasteiger partial charge in [0.15, 0.2) is 16.6 Å². The van der Waals surface area contributed by atoms with Crippen molar-refractivity contribution in [2.24, 2.45) is 5.73 Å². The number of amides is 1. The molecule has 3 aromatic rings. The Kier molecular flexibility index (Phi) is 6.54. The summed E-state index contributed by atoms with van der Waals surface area (Å²) in [7, 11) is 0. The smallest absolute Gasteiger partial charge is 0.268 e. The highest BCUT2D eigenvalue weighted by molar-refractivity contribution is 7.22. The first-order valence-corrected chi connectivity index (χ1v) is 13.7. The van der Waals surface area contributed by atoms with Crippen LogP contribution in [0.15, 0.2) is 36.4 Å². The molecule has 3 aromatic heterocycles. The van der Waals surface area contributed by atoms with Crippen molar-refractivity contribution in [2.45, 2.75) is 51.0 Å². The van der Waals surface area contributed by atoms with Crippen molar-refractivity contribution >= 4 is 44.2 Å². The van der Waals surface area contributed by atoms with E-state index in [-0.39, 0.29) is 17.9 Å². The van der Waals surface area contributed by atoms with Crippen molar-refractivity contribution < 1.29 is 19.7 Å². The topological polar surface area (TPSA) is 141 Å². The first-order chi connectivity index (χ1) is 18.4. The third kappa shape index (κ3) is 4.63. The third-order valence-corrected chi connectivity index (χ3v) is 8.34. The Morgan fingerprint density at radius 2 is 1.92 bits per heavy atom. The van der Waals surface area contributed by atoms with Gasteiger partial charge in [-0.15, -0.1) is 0 Å². The Bertz CT molecular complexity index is 1390. The van der Waals surface area contributed by atoms with Gasteiger partial charge in [0.1, 0.15) is 12.0 Å². The van der Waals surface area contributed by atoms with Crippen LogP contribution in [-0.4, -0.2) is 69.5 Å². The number of piperidine rings is 2. The molecule has 3 aliphatic heterocycles. The minimum absolute atomic E-state index is 0.229. The Labute approximate surface area is 224 Å². The molecule has 200 valence electrons. The van der Waals surface area contributed by atoms with Crippen molar-refractivity contribution in [3.8, 4) is 0 Å². The summed E-state index contributed by atoms with van der Waals surface area (Å²) in [6.45, 7) is 4.51. The van der Waals surface area contributed by atoms with E-state index >= 15 is 0 Å². The van der Waals surface area contributed by atoms with Crippen LogP contribution < -0.4 is 20.4 Å². The minimum atomic E-state index is -0.628. The van der Waals surface area contributed by atoms with Gasteiger partial charge in [-0.2, -0.15) is 4.98 Å². The largest absolute Gasteiger partial charge is 0.471 e. The molecule has 11 nitrogen and oxygen atoms in total. The van der Waals surface area contributed by atoms with Crippen LogP contribution in [-0.2, 0) is 9.53 Å². The summed E-state index contributed by atoms with van der Waals surface area (Å²) >= 11 is 1.51. The molecule has 4 N–H and O–H groups in total. The highest BCUT2D eigenvalue weighted by Crippen LogP contribution is 2.44. The number of hydrogen-bond acceptors (Lipinski definition) is 11. The highest BCUT2D eigenvalue weighted by Gasteiger charge is 2.37. The molecule has 2 unspecified atom stereocenters. The predicted octanol–water partition coefficient (Wildman–Crippen LogP) is 2.18. The molecule has 0 spiro atoms. The molecule has 2 atom stereocenters. The fraction of sp³-hybridized carbons (Fsp3) is 0.462. The van der Waals surface area contributed by atoms with Gasteiger partial charge in [0.25, 0.3) is 5.91 Å². The lowest BCUT2D eigenvalue weighted by molar-refractivity contribution is -0.114. The number of primary amides is 1. The summed E-state index contributed by atoms with van der Waals surface area (Å²) in [6, 6.07) is 5.78. The SMILES string of the molecule is Cc1cc(C2OC=C(C(N)=O)N2c2cc3sc(N4CCCC(O)C4)nc3nc2N2CCC(O)CC2)ccn1. The lowest BCUT2D eigenvalue weighted by Gasteiger charge is -2.35. The zero-order valence-corrected chi connectivity index (χ0v) is 22.0. The molecule has 12 heteroatoms. The molecule has 2 fully saturated rings. The van der Waals surface area contributed by atoms with Crippen LogP contribution in [0.25, 0.3) is 10.3 Å². The molecule has 0 aliphatic carbocycles. The number of hydrogen-bond donors (Lipinski definition) is 3. The van der Waals surface area contributed by atoms with Crippen LogP contribution in [0.5, 0.6) is 0 Å². The van der Waals surface area contributed by atoms with Crippen molar-refractivity contribution in [2.75, 3.05) is 40.9 Å². The molecule has 0 saturated carbocycles. The molecular weight excluding hydrogens is 506 g/mol. The van der Waals surface area contributed by atoms with Gasteiger partial charge in [-0.3, -0.25) is 14.7 Å². The highest BCUT2D eigenvalue weighted by atomic mass is 32.1. The lowest BCUT2D eigenvalue weighted by Crippen LogP contribution is -2.38. The van der Waals surface area contributed by atoms with Crippen LogP contribution in [0.4, 0.5) is 16.6 Å². The number of aliphatic hydroxyl groups is 2. The number of β-amino-alcohol motifs (C(OH)–C–C–N with tert-alkyl or cyclic N) is 1. The van der Waals surface area contributed by atoms with Crippen LogP contribution >= 0.6 is 11.3 Å². The van der Waals surface area contributed by atoms with Crippen LogP contribution in [0.2, 0.25) is 0 Å². The number of carbonyl (C=O) groups excluding carboxylic acids is 1. The van der Waals surface area contributed by atoms with Crippen LogP contribution in [0.3, 0.4) is 0 Å². The van der Waals surface area contributed by atoms with Gasteiger partial charge in [-0.25, -0.2) is 4.98 Å². The summed E-state index contributed by atoms with van der Waals surface area (Å²) in [5.41, 5.74) is 9.00. The second-order valence-electron chi connectivity index (χ2n) is 10.1. The summed E-state index contributed by atoms with van der Waals surface area (Å²) in [5, 5.41) is 21.1. The van der Waals surface area contributed by atoms with Gasteiger partial charge in [-0.05, 0) is 50.8 Å². The van der Waals surface area contributed by atoms with Crippen molar-refractivity contribution in [1.82, 2.24) is 15.0 Å². The number of aliphatic hydroxyl groups excluding tert-OH is 2. The Balaban J connectivity index is 1.48. The molecule has 6 rings (SSSR count). The zero-order chi connectivity index (χ0) is 26.4. The third-order valence-electron chi connectivity index (χ3n) is 7.28. The van der Waals surface area contributed by atoms with E-state index in [9.17, 15) is 15.0 Å². The second-order valence-corrected chi connectivity index (χ2v) is 11.1. The quantitative estimate of drug-likeness (QED) is 0.443. The molecule has 6 heterocycles. The summed E-state index contributed by atoms with van der Waals surface area (Å²) in [6.07, 6.45) is 4.71. The van der Waals surface area contributed by atoms with Crippen molar-refractivity contribution in [1.29, 1.82) is 0 Å². The molecule has 0 bridgehead atoms. The average Bonchev–Trinajstić information content (AvgIpc) is 3.53. The van der Waals surface area contributed by atoms with E-state index in [1.807, 2.05) is 25.1 Å². The van der Waals surface area contributed by atoms with Gasteiger partial charge >= 0.3 is 0 Å². The normalized spacial score (nSPS) is 22.6. The Hall–Kier alpha value is -3.48. The van der Waals surface area contributed by atoms with E-state index in [2.05, 4.69) is 14.8 Å². The van der Waals surface area contributed by atoms with E-state index in [4.69, 9.17) is 20.4 Å². The molecule has 0 radical (unpaired) electrons. The van der Waals surface area contributed by atoms with Gasteiger partial charge in [0.05, 0.1) is 22.6 Å². The van der Waals surface area contributed by atoms with Gasteiger partial charge in [-0.1, -0.05) is 11.3 Å².